The van der Waals surface area contributed by atoms with Gasteiger partial charge in [0.25, 0.3) is 0 Å². The second kappa shape index (κ2) is 6.76. The largest absolute Gasteiger partial charge is 0.356 e. The molecule has 0 bridgehead atoms. The molecule has 0 aromatic carbocycles. The summed E-state index contributed by atoms with van der Waals surface area (Å²) >= 11 is 0. The number of hydrogen-bond acceptors (Lipinski definition) is 2. The average Bonchev–Trinajstić information content (AvgIpc) is 2.70. The van der Waals surface area contributed by atoms with Crippen molar-refractivity contribution in [3.8, 4) is 0 Å². The van der Waals surface area contributed by atoms with E-state index in [0.29, 0.717) is 25.4 Å². The number of carbonyl (C=O) groups excluding carboxylic acids is 2. The fourth-order valence-corrected chi connectivity index (χ4v) is 2.18. The third-order valence-corrected chi connectivity index (χ3v) is 3.67. The molecule has 1 saturated heterocycles. The quantitative estimate of drug-likeness (QED) is 0.785. The molecule has 0 saturated carbocycles. The molecule has 18 heavy (non-hydrogen) atoms. The van der Waals surface area contributed by atoms with E-state index in [1.165, 1.54) is 0 Å². The Morgan fingerprint density at radius 1 is 1.44 bits per heavy atom. The van der Waals surface area contributed by atoms with Crippen LogP contribution in [0.1, 0.15) is 47.0 Å². The van der Waals surface area contributed by atoms with Crippen LogP contribution >= 0.6 is 0 Å². The fourth-order valence-electron chi connectivity index (χ4n) is 2.18. The van der Waals surface area contributed by atoms with E-state index in [1.807, 2.05) is 11.8 Å². The van der Waals surface area contributed by atoms with Crippen molar-refractivity contribution >= 4 is 11.8 Å². The lowest BCUT2D eigenvalue weighted by molar-refractivity contribution is -0.130. The van der Waals surface area contributed by atoms with Crippen molar-refractivity contribution in [3.05, 3.63) is 0 Å². The highest BCUT2D eigenvalue weighted by atomic mass is 16.2. The molecular formula is C14H26N2O2. The molecule has 4 nitrogen and oxygen atoms in total. The number of likely N-dealkylation sites (tertiary alicyclic amines) is 1. The van der Waals surface area contributed by atoms with Gasteiger partial charge in [-0.3, -0.25) is 9.59 Å². The van der Waals surface area contributed by atoms with Crippen LogP contribution in [0.15, 0.2) is 0 Å². The number of nitrogens with one attached hydrogen (secondary N) is 1. The molecule has 0 aromatic heterocycles. The molecule has 1 aliphatic rings. The van der Waals surface area contributed by atoms with E-state index in [0.717, 1.165) is 12.8 Å². The van der Waals surface area contributed by atoms with Crippen molar-refractivity contribution in [3.63, 3.8) is 0 Å². The summed E-state index contributed by atoms with van der Waals surface area (Å²) in [6.07, 6.45) is 2.30. The third-order valence-electron chi connectivity index (χ3n) is 3.67. The summed E-state index contributed by atoms with van der Waals surface area (Å²) in [7, 11) is 0. The number of hydrogen-bond donors (Lipinski definition) is 1. The minimum Gasteiger partial charge on any atom is -0.356 e. The maximum absolute atomic E-state index is 11.9. The molecule has 1 aliphatic heterocycles. The normalized spacial score (nSPS) is 21.5. The van der Waals surface area contributed by atoms with Crippen LogP contribution in [0.3, 0.4) is 0 Å². The molecule has 1 heterocycles. The first-order valence-electron chi connectivity index (χ1n) is 7.02. The van der Waals surface area contributed by atoms with Gasteiger partial charge in [-0.25, -0.2) is 0 Å². The van der Waals surface area contributed by atoms with Crippen molar-refractivity contribution in [1.29, 1.82) is 0 Å². The third kappa shape index (κ3) is 4.00. The van der Waals surface area contributed by atoms with Gasteiger partial charge in [0.15, 0.2) is 0 Å². The predicted octanol–water partition coefficient (Wildman–Crippen LogP) is 1.80. The molecular weight excluding hydrogens is 228 g/mol. The lowest BCUT2D eigenvalue weighted by Gasteiger charge is -2.23. The zero-order valence-corrected chi connectivity index (χ0v) is 12.0. The second-order valence-corrected chi connectivity index (χ2v) is 5.68. The first kappa shape index (κ1) is 15.0. The molecule has 1 rings (SSSR count). The number of rotatable bonds is 6. The summed E-state index contributed by atoms with van der Waals surface area (Å²) in [5, 5.41) is 2.94. The van der Waals surface area contributed by atoms with E-state index < -0.39 is 0 Å². The maximum Gasteiger partial charge on any atom is 0.225 e. The molecule has 1 N–H and O–H groups in total. The van der Waals surface area contributed by atoms with Gasteiger partial charge in [0.2, 0.25) is 11.8 Å². The minimum atomic E-state index is -0.154. The molecule has 0 aromatic rings. The molecule has 2 amide bonds. The number of amides is 2. The Kier molecular flexibility index (Phi) is 5.63. The Bertz CT molecular complexity index is 302. The molecule has 0 spiro atoms. The van der Waals surface area contributed by atoms with Crippen LogP contribution in [-0.2, 0) is 9.59 Å². The summed E-state index contributed by atoms with van der Waals surface area (Å²) in [4.78, 5) is 25.6. The van der Waals surface area contributed by atoms with Gasteiger partial charge in [0.1, 0.15) is 0 Å². The lowest BCUT2D eigenvalue weighted by atomic mass is 10.1. The Labute approximate surface area is 110 Å². The summed E-state index contributed by atoms with van der Waals surface area (Å²) in [5.74, 6) is 0.592. The van der Waals surface area contributed by atoms with E-state index in [4.69, 9.17) is 0 Å². The minimum absolute atomic E-state index is 0.0369. The van der Waals surface area contributed by atoms with E-state index in [1.54, 1.807) is 0 Å². The predicted molar refractivity (Wildman–Crippen MR) is 72.0 cm³/mol. The summed E-state index contributed by atoms with van der Waals surface area (Å²) in [6.45, 7) is 9.67. The van der Waals surface area contributed by atoms with E-state index in [-0.39, 0.29) is 23.8 Å². The van der Waals surface area contributed by atoms with E-state index >= 15 is 0 Å². The smallest absolute Gasteiger partial charge is 0.225 e. The molecule has 104 valence electrons. The van der Waals surface area contributed by atoms with Gasteiger partial charge in [-0.1, -0.05) is 20.8 Å². The highest BCUT2D eigenvalue weighted by Crippen LogP contribution is 2.21. The number of carbonyl (C=O) groups is 2. The van der Waals surface area contributed by atoms with Crippen LogP contribution < -0.4 is 5.32 Å². The van der Waals surface area contributed by atoms with Gasteiger partial charge in [-0.2, -0.15) is 0 Å². The highest BCUT2D eigenvalue weighted by Gasteiger charge is 2.35. The first-order valence-corrected chi connectivity index (χ1v) is 7.02. The second-order valence-electron chi connectivity index (χ2n) is 5.68. The van der Waals surface area contributed by atoms with Crippen molar-refractivity contribution < 1.29 is 9.59 Å². The standard InChI is InChI=1S/C14H26N2O2/c1-5-11(4)16-9-12(8-13(16)17)14(18)15-7-6-10(2)3/h10-12H,5-9H2,1-4H3,(H,15,18). The van der Waals surface area contributed by atoms with Gasteiger partial charge < -0.3 is 10.2 Å². The van der Waals surface area contributed by atoms with Crippen molar-refractivity contribution in [1.82, 2.24) is 10.2 Å². The summed E-state index contributed by atoms with van der Waals surface area (Å²) < 4.78 is 0. The fraction of sp³-hybridized carbons (Fsp3) is 0.857. The van der Waals surface area contributed by atoms with Crippen LogP contribution in [0.4, 0.5) is 0 Å². The van der Waals surface area contributed by atoms with Crippen LogP contribution in [0.5, 0.6) is 0 Å². The zero-order valence-electron chi connectivity index (χ0n) is 12.0. The molecule has 0 aliphatic carbocycles. The van der Waals surface area contributed by atoms with Crippen molar-refractivity contribution in [2.75, 3.05) is 13.1 Å². The zero-order chi connectivity index (χ0) is 13.7. The summed E-state index contributed by atoms with van der Waals surface area (Å²) in [6, 6.07) is 0.242. The Morgan fingerprint density at radius 3 is 2.67 bits per heavy atom. The highest BCUT2D eigenvalue weighted by molar-refractivity contribution is 5.89. The Hall–Kier alpha value is -1.06. The van der Waals surface area contributed by atoms with Crippen molar-refractivity contribution in [2.45, 2.75) is 53.0 Å². The molecule has 4 heteroatoms. The molecule has 2 unspecified atom stereocenters. The maximum atomic E-state index is 11.9. The van der Waals surface area contributed by atoms with Gasteiger partial charge in [0, 0.05) is 25.6 Å². The SMILES string of the molecule is CCC(C)N1CC(C(=O)NCCC(C)C)CC1=O. The average molecular weight is 254 g/mol. The van der Waals surface area contributed by atoms with Crippen LogP contribution in [0.2, 0.25) is 0 Å². The first-order chi connectivity index (χ1) is 8.45. The number of nitrogens with zero attached hydrogens (tertiary/aromatic N) is 1. The monoisotopic (exact) mass is 254 g/mol. The van der Waals surface area contributed by atoms with Gasteiger partial charge in [-0.05, 0) is 25.7 Å². The van der Waals surface area contributed by atoms with E-state index in [9.17, 15) is 9.59 Å². The van der Waals surface area contributed by atoms with E-state index in [2.05, 4.69) is 26.1 Å². The molecule has 0 radical (unpaired) electrons. The Balaban J connectivity index is 2.40. The van der Waals surface area contributed by atoms with Gasteiger partial charge >= 0.3 is 0 Å². The topological polar surface area (TPSA) is 49.4 Å². The van der Waals surface area contributed by atoms with Crippen LogP contribution in [0, 0.1) is 11.8 Å². The van der Waals surface area contributed by atoms with Crippen LogP contribution in [0.25, 0.3) is 0 Å². The molecule has 1 fully saturated rings. The van der Waals surface area contributed by atoms with Gasteiger partial charge in [-0.15, -0.1) is 0 Å². The summed E-state index contributed by atoms with van der Waals surface area (Å²) in [5.41, 5.74) is 0. The van der Waals surface area contributed by atoms with Crippen LogP contribution in [-0.4, -0.2) is 35.8 Å². The van der Waals surface area contributed by atoms with Gasteiger partial charge in [0.05, 0.1) is 5.92 Å². The Morgan fingerprint density at radius 2 is 2.11 bits per heavy atom. The lowest BCUT2D eigenvalue weighted by Crippen LogP contribution is -2.36. The van der Waals surface area contributed by atoms with Crippen molar-refractivity contribution in [2.24, 2.45) is 11.8 Å². The molecule has 2 atom stereocenters.